The lowest BCUT2D eigenvalue weighted by molar-refractivity contribution is -0.692. The minimum Gasteiger partial charge on any atom is -0.465 e. The van der Waals surface area contributed by atoms with Crippen LogP contribution in [0.3, 0.4) is 0 Å². The maximum atomic E-state index is 13.2. The Morgan fingerprint density at radius 3 is 2.20 bits per heavy atom. The average molecular weight is 417 g/mol. The Morgan fingerprint density at radius 2 is 1.63 bits per heavy atom. The number of carbonyl (C=O) groups is 3. The molecule has 0 bridgehead atoms. The highest BCUT2D eigenvalue weighted by Gasteiger charge is 2.22. The van der Waals surface area contributed by atoms with Crippen LogP contribution in [-0.2, 0) is 14.3 Å². The minimum absolute atomic E-state index is 0.0576. The van der Waals surface area contributed by atoms with E-state index in [1.807, 2.05) is 19.2 Å². The fourth-order valence-corrected chi connectivity index (χ4v) is 3.09. The van der Waals surface area contributed by atoms with Gasteiger partial charge in [0.2, 0.25) is 0 Å². The number of anilines is 1. The van der Waals surface area contributed by atoms with Crippen LogP contribution in [0.25, 0.3) is 0 Å². The van der Waals surface area contributed by atoms with Crippen LogP contribution < -0.4 is 10.6 Å². The van der Waals surface area contributed by atoms with E-state index in [9.17, 15) is 18.8 Å². The number of benzene rings is 2. The van der Waals surface area contributed by atoms with Gasteiger partial charge in [-0.05, 0) is 30.3 Å². The first-order chi connectivity index (χ1) is 14.3. The lowest BCUT2D eigenvalue weighted by Gasteiger charge is -2.19. The highest BCUT2D eigenvalue weighted by atomic mass is 19.1. The number of esters is 2. The van der Waals surface area contributed by atoms with Crippen molar-refractivity contribution in [2.75, 3.05) is 26.1 Å². The van der Waals surface area contributed by atoms with Crippen molar-refractivity contribution < 1.29 is 33.6 Å². The number of amides is 1. The number of nitrogens with two attached hydrogens (primary N) is 1. The normalized spacial score (nSPS) is 11.7. The average Bonchev–Trinajstić information content (AvgIpc) is 2.73. The number of carbonyl (C=O) groups excluding carboxylic acids is 3. The van der Waals surface area contributed by atoms with E-state index in [2.05, 4.69) is 10.1 Å². The van der Waals surface area contributed by atoms with Crippen molar-refractivity contribution in [2.45, 2.75) is 19.9 Å². The van der Waals surface area contributed by atoms with E-state index in [4.69, 9.17) is 4.74 Å². The second kappa shape index (κ2) is 10.5. The monoisotopic (exact) mass is 417 g/mol. The molecule has 0 fully saturated rings. The summed E-state index contributed by atoms with van der Waals surface area (Å²) in [7, 11) is 2.47. The molecule has 0 aromatic heterocycles. The molecule has 3 N–H and O–H groups in total. The summed E-state index contributed by atoms with van der Waals surface area (Å²) in [4.78, 5) is 36.4. The maximum Gasteiger partial charge on any atom is 0.339 e. The molecule has 0 aliphatic heterocycles. The molecule has 0 heterocycles. The first-order valence-electron chi connectivity index (χ1n) is 9.46. The van der Waals surface area contributed by atoms with Gasteiger partial charge in [0.25, 0.3) is 5.91 Å². The van der Waals surface area contributed by atoms with Gasteiger partial charge >= 0.3 is 11.9 Å². The summed E-state index contributed by atoms with van der Waals surface area (Å²) in [5, 5.41) is 4.50. The molecule has 2 rings (SSSR count). The quantitative estimate of drug-likeness (QED) is 0.643. The number of quaternary nitrogens is 1. The Balaban J connectivity index is 2.16. The number of methoxy groups -OCH3 is 2. The van der Waals surface area contributed by atoms with Crippen molar-refractivity contribution in [1.82, 2.24) is 0 Å². The van der Waals surface area contributed by atoms with Gasteiger partial charge in [-0.3, -0.25) is 4.79 Å². The predicted molar refractivity (Wildman–Crippen MR) is 109 cm³/mol. The molecule has 2 aromatic carbocycles. The Bertz CT molecular complexity index is 912. The summed E-state index contributed by atoms with van der Waals surface area (Å²) in [5.74, 6) is -1.73. The SMILES string of the molecule is COC(=O)c1ccc(C(=O)OC)c(NC(=O)C[NH2+][C@H](c2ccc(F)cc2)C(C)C)c1. The third-order valence-corrected chi connectivity index (χ3v) is 4.65. The zero-order valence-corrected chi connectivity index (χ0v) is 17.4. The number of nitrogens with one attached hydrogen (secondary N) is 1. The van der Waals surface area contributed by atoms with E-state index < -0.39 is 11.9 Å². The Kier molecular flexibility index (Phi) is 8.06. The molecule has 0 saturated heterocycles. The fourth-order valence-electron chi connectivity index (χ4n) is 3.09. The second-order valence-electron chi connectivity index (χ2n) is 7.05. The van der Waals surface area contributed by atoms with Crippen molar-refractivity contribution >= 4 is 23.5 Å². The third kappa shape index (κ3) is 5.87. The van der Waals surface area contributed by atoms with Gasteiger partial charge in [-0.2, -0.15) is 0 Å². The van der Waals surface area contributed by atoms with Gasteiger partial charge in [0, 0.05) is 11.5 Å². The Hall–Kier alpha value is -3.26. The van der Waals surface area contributed by atoms with Gasteiger partial charge < -0.3 is 20.1 Å². The van der Waals surface area contributed by atoms with Gasteiger partial charge in [0.15, 0.2) is 6.54 Å². The Morgan fingerprint density at radius 1 is 1.00 bits per heavy atom. The highest BCUT2D eigenvalue weighted by molar-refractivity contribution is 6.03. The van der Waals surface area contributed by atoms with Crippen molar-refractivity contribution in [3.05, 3.63) is 65.0 Å². The van der Waals surface area contributed by atoms with E-state index in [0.717, 1.165) is 5.56 Å². The van der Waals surface area contributed by atoms with E-state index in [-0.39, 0.29) is 47.0 Å². The largest absolute Gasteiger partial charge is 0.465 e. The van der Waals surface area contributed by atoms with Crippen molar-refractivity contribution in [3.63, 3.8) is 0 Å². The zero-order valence-electron chi connectivity index (χ0n) is 17.4. The van der Waals surface area contributed by atoms with E-state index in [1.54, 1.807) is 12.1 Å². The maximum absolute atomic E-state index is 13.2. The molecule has 0 unspecified atom stereocenters. The first-order valence-corrected chi connectivity index (χ1v) is 9.46. The molecular formula is C22H26FN2O5+. The van der Waals surface area contributed by atoms with Crippen LogP contribution in [0.15, 0.2) is 42.5 Å². The van der Waals surface area contributed by atoms with Crippen LogP contribution >= 0.6 is 0 Å². The lowest BCUT2D eigenvalue weighted by atomic mass is 9.96. The van der Waals surface area contributed by atoms with Crippen LogP contribution in [-0.4, -0.2) is 38.6 Å². The highest BCUT2D eigenvalue weighted by Crippen LogP contribution is 2.20. The Labute approximate surface area is 174 Å². The molecule has 2 aromatic rings. The molecular weight excluding hydrogens is 391 g/mol. The van der Waals surface area contributed by atoms with Crippen LogP contribution in [0.4, 0.5) is 10.1 Å². The van der Waals surface area contributed by atoms with Crippen LogP contribution in [0.5, 0.6) is 0 Å². The molecule has 8 heteroatoms. The van der Waals surface area contributed by atoms with Gasteiger partial charge in [-0.1, -0.05) is 26.0 Å². The van der Waals surface area contributed by atoms with E-state index >= 15 is 0 Å². The zero-order chi connectivity index (χ0) is 22.3. The standard InChI is InChI=1S/C22H25FN2O5/c1-13(2)20(14-5-8-16(23)9-6-14)24-12-19(26)25-18-11-15(21(27)29-3)7-10-17(18)22(28)30-4/h5-11,13,20,24H,12H2,1-4H3,(H,25,26)/p+1/t20-/m0/s1. The lowest BCUT2D eigenvalue weighted by Crippen LogP contribution is -2.88. The molecule has 160 valence electrons. The topological polar surface area (TPSA) is 98.3 Å². The van der Waals surface area contributed by atoms with E-state index in [1.165, 1.54) is 44.6 Å². The second-order valence-corrected chi connectivity index (χ2v) is 7.05. The number of hydrogen-bond donors (Lipinski definition) is 2. The van der Waals surface area contributed by atoms with Crippen LogP contribution in [0.2, 0.25) is 0 Å². The minimum atomic E-state index is -0.642. The molecule has 30 heavy (non-hydrogen) atoms. The van der Waals surface area contributed by atoms with Crippen LogP contribution in [0, 0.1) is 11.7 Å². The summed E-state index contributed by atoms with van der Waals surface area (Å²) in [6, 6.07) is 10.3. The van der Waals surface area contributed by atoms with Crippen molar-refractivity contribution in [3.8, 4) is 0 Å². The van der Waals surface area contributed by atoms with Gasteiger partial charge in [0.1, 0.15) is 11.9 Å². The number of hydrogen-bond acceptors (Lipinski definition) is 5. The molecule has 0 spiro atoms. The van der Waals surface area contributed by atoms with Crippen molar-refractivity contribution in [1.29, 1.82) is 0 Å². The summed E-state index contributed by atoms with van der Waals surface area (Å²) in [5.41, 5.74) is 1.38. The third-order valence-electron chi connectivity index (χ3n) is 4.65. The molecule has 0 radical (unpaired) electrons. The molecule has 0 aliphatic rings. The molecule has 0 aliphatic carbocycles. The smallest absolute Gasteiger partial charge is 0.339 e. The van der Waals surface area contributed by atoms with Gasteiger partial charge in [-0.25, -0.2) is 14.0 Å². The van der Waals surface area contributed by atoms with E-state index in [0.29, 0.717) is 0 Å². The summed E-state index contributed by atoms with van der Waals surface area (Å²) in [6.45, 7) is 4.08. The number of ether oxygens (including phenoxy) is 2. The number of halogens is 1. The number of rotatable bonds is 8. The predicted octanol–water partition coefficient (Wildman–Crippen LogP) is 2.30. The fraction of sp³-hybridized carbons (Fsp3) is 0.318. The van der Waals surface area contributed by atoms with Crippen molar-refractivity contribution in [2.24, 2.45) is 5.92 Å². The summed E-state index contributed by atoms with van der Waals surface area (Å²) < 4.78 is 22.6. The molecule has 0 saturated carbocycles. The van der Waals surface area contributed by atoms with Crippen LogP contribution in [0.1, 0.15) is 46.2 Å². The van der Waals surface area contributed by atoms with Gasteiger partial charge in [0.05, 0.1) is 31.0 Å². The summed E-state index contributed by atoms with van der Waals surface area (Å²) >= 11 is 0. The molecule has 7 nitrogen and oxygen atoms in total. The summed E-state index contributed by atoms with van der Waals surface area (Å²) in [6.07, 6.45) is 0. The molecule has 1 amide bonds. The first kappa shape index (κ1) is 23.0. The molecule has 1 atom stereocenters. The van der Waals surface area contributed by atoms with Gasteiger partial charge in [-0.15, -0.1) is 0 Å².